The Kier molecular flexibility index (Phi) is 7.07. The summed E-state index contributed by atoms with van der Waals surface area (Å²) < 4.78 is 0. The summed E-state index contributed by atoms with van der Waals surface area (Å²) in [5, 5.41) is 0. The van der Waals surface area contributed by atoms with Gasteiger partial charge in [0.1, 0.15) is 0 Å². The standard InChI is InChI=1S/C21H36/c1-4-6-18-9-13-20(14-10-18)21-15-11-19(12-16-21)8-7-17(3)5-2/h15,18-20H,3-14,16H2,1-2H3. The van der Waals surface area contributed by atoms with Crippen molar-refractivity contribution in [2.75, 3.05) is 0 Å². The molecule has 0 N–H and O–H groups in total. The van der Waals surface area contributed by atoms with Crippen LogP contribution in [0.5, 0.6) is 0 Å². The van der Waals surface area contributed by atoms with E-state index in [9.17, 15) is 0 Å². The summed E-state index contributed by atoms with van der Waals surface area (Å²) in [6, 6.07) is 0. The molecule has 0 aliphatic heterocycles. The first kappa shape index (κ1) is 16.8. The average Bonchev–Trinajstić information content (AvgIpc) is 2.54. The molecule has 2 aliphatic carbocycles. The number of allylic oxidation sites excluding steroid dienone is 3. The Morgan fingerprint density at radius 2 is 1.81 bits per heavy atom. The first-order valence-electron chi connectivity index (χ1n) is 9.58. The molecule has 1 fully saturated rings. The zero-order valence-corrected chi connectivity index (χ0v) is 14.5. The van der Waals surface area contributed by atoms with Gasteiger partial charge in [-0.3, -0.25) is 0 Å². The minimum Gasteiger partial charge on any atom is -0.0999 e. The largest absolute Gasteiger partial charge is 0.0999 e. The van der Waals surface area contributed by atoms with Crippen molar-refractivity contribution in [2.24, 2.45) is 17.8 Å². The molecule has 1 atom stereocenters. The van der Waals surface area contributed by atoms with Crippen LogP contribution in [0.2, 0.25) is 0 Å². The smallest absolute Gasteiger partial charge is 0.0203 e. The zero-order valence-electron chi connectivity index (χ0n) is 14.5. The fourth-order valence-electron chi connectivity index (χ4n) is 4.36. The normalized spacial score (nSPS) is 30.0. The summed E-state index contributed by atoms with van der Waals surface area (Å²) in [5.74, 6) is 2.93. The highest BCUT2D eigenvalue weighted by Crippen LogP contribution is 2.40. The van der Waals surface area contributed by atoms with Crippen molar-refractivity contribution in [3.63, 3.8) is 0 Å². The van der Waals surface area contributed by atoms with Crippen molar-refractivity contribution in [1.29, 1.82) is 0 Å². The molecule has 0 amide bonds. The number of hydrogen-bond donors (Lipinski definition) is 0. The minimum atomic E-state index is 0.938. The van der Waals surface area contributed by atoms with Gasteiger partial charge < -0.3 is 0 Å². The van der Waals surface area contributed by atoms with Crippen LogP contribution in [0.15, 0.2) is 23.8 Å². The molecule has 2 rings (SSSR count). The summed E-state index contributed by atoms with van der Waals surface area (Å²) >= 11 is 0. The molecule has 0 nitrogen and oxygen atoms in total. The van der Waals surface area contributed by atoms with Gasteiger partial charge in [0.25, 0.3) is 0 Å². The van der Waals surface area contributed by atoms with Crippen LogP contribution >= 0.6 is 0 Å². The fourth-order valence-corrected chi connectivity index (χ4v) is 4.36. The Balaban J connectivity index is 1.72. The van der Waals surface area contributed by atoms with Crippen molar-refractivity contribution in [3.8, 4) is 0 Å². The van der Waals surface area contributed by atoms with Crippen LogP contribution in [0, 0.1) is 17.8 Å². The summed E-state index contributed by atoms with van der Waals surface area (Å²) in [6.07, 6.45) is 19.4. The molecule has 0 heterocycles. The third-order valence-corrected chi connectivity index (χ3v) is 6.03. The fraction of sp³-hybridized carbons (Fsp3) is 0.810. The van der Waals surface area contributed by atoms with Crippen molar-refractivity contribution < 1.29 is 0 Å². The van der Waals surface area contributed by atoms with Crippen molar-refractivity contribution in [2.45, 2.75) is 90.9 Å². The van der Waals surface area contributed by atoms with Gasteiger partial charge in [-0.05, 0) is 82.0 Å². The van der Waals surface area contributed by atoms with Gasteiger partial charge in [0.2, 0.25) is 0 Å². The molecule has 0 spiro atoms. The Labute approximate surface area is 133 Å². The van der Waals surface area contributed by atoms with Gasteiger partial charge in [-0.2, -0.15) is 0 Å². The topological polar surface area (TPSA) is 0 Å². The monoisotopic (exact) mass is 288 g/mol. The highest BCUT2D eigenvalue weighted by Gasteiger charge is 2.25. The van der Waals surface area contributed by atoms with E-state index in [0.717, 1.165) is 24.2 Å². The highest BCUT2D eigenvalue weighted by molar-refractivity contribution is 5.11. The van der Waals surface area contributed by atoms with Gasteiger partial charge in [-0.15, -0.1) is 0 Å². The molecule has 1 saturated carbocycles. The van der Waals surface area contributed by atoms with Crippen LogP contribution in [-0.2, 0) is 0 Å². The second-order valence-corrected chi connectivity index (χ2v) is 7.57. The molecule has 0 aromatic heterocycles. The Bertz CT molecular complexity index is 341. The predicted octanol–water partition coefficient (Wildman–Crippen LogP) is 7.07. The second kappa shape index (κ2) is 8.81. The molecule has 120 valence electrons. The Hall–Kier alpha value is -0.520. The maximum Gasteiger partial charge on any atom is -0.0203 e. The van der Waals surface area contributed by atoms with Gasteiger partial charge in [0.15, 0.2) is 0 Å². The first-order chi connectivity index (χ1) is 10.2. The lowest BCUT2D eigenvalue weighted by Gasteiger charge is -2.33. The molecule has 2 aliphatic rings. The molecule has 1 unspecified atom stereocenters. The van der Waals surface area contributed by atoms with E-state index in [2.05, 4.69) is 26.5 Å². The van der Waals surface area contributed by atoms with Crippen molar-refractivity contribution in [1.82, 2.24) is 0 Å². The second-order valence-electron chi connectivity index (χ2n) is 7.57. The summed E-state index contributed by atoms with van der Waals surface area (Å²) in [6.45, 7) is 8.72. The number of hydrogen-bond acceptors (Lipinski definition) is 0. The first-order valence-corrected chi connectivity index (χ1v) is 9.58. The van der Waals surface area contributed by atoms with Gasteiger partial charge in [-0.25, -0.2) is 0 Å². The molecular formula is C21H36. The van der Waals surface area contributed by atoms with Crippen LogP contribution in [0.1, 0.15) is 90.9 Å². The lowest BCUT2D eigenvalue weighted by atomic mass is 9.73. The van der Waals surface area contributed by atoms with E-state index in [4.69, 9.17) is 0 Å². The molecule has 0 aromatic rings. The molecular weight excluding hydrogens is 252 g/mol. The minimum absolute atomic E-state index is 0.938. The van der Waals surface area contributed by atoms with E-state index in [1.807, 2.05) is 5.57 Å². The molecule has 0 aromatic carbocycles. The van der Waals surface area contributed by atoms with Crippen LogP contribution in [-0.4, -0.2) is 0 Å². The van der Waals surface area contributed by atoms with Crippen molar-refractivity contribution in [3.05, 3.63) is 23.8 Å². The summed E-state index contributed by atoms with van der Waals surface area (Å²) in [7, 11) is 0. The van der Waals surface area contributed by atoms with E-state index in [1.54, 1.807) is 0 Å². The molecule has 0 saturated heterocycles. The SMILES string of the molecule is C=C(CC)CCC1CC=C(C2CCC(CCC)CC2)CC1. The highest BCUT2D eigenvalue weighted by atomic mass is 14.3. The van der Waals surface area contributed by atoms with E-state index in [-0.39, 0.29) is 0 Å². The van der Waals surface area contributed by atoms with Crippen LogP contribution < -0.4 is 0 Å². The van der Waals surface area contributed by atoms with Crippen molar-refractivity contribution >= 4 is 0 Å². The molecule has 0 heteroatoms. The molecule has 21 heavy (non-hydrogen) atoms. The van der Waals surface area contributed by atoms with E-state index >= 15 is 0 Å². The average molecular weight is 289 g/mol. The van der Waals surface area contributed by atoms with Gasteiger partial charge in [0.05, 0.1) is 0 Å². The number of rotatable bonds is 7. The summed E-state index contributed by atoms with van der Waals surface area (Å²) in [4.78, 5) is 0. The summed E-state index contributed by atoms with van der Waals surface area (Å²) in [5.41, 5.74) is 3.27. The van der Waals surface area contributed by atoms with Gasteiger partial charge in [0, 0.05) is 0 Å². The lowest BCUT2D eigenvalue weighted by molar-refractivity contribution is 0.276. The lowest BCUT2D eigenvalue weighted by Crippen LogP contribution is -2.18. The third kappa shape index (κ3) is 5.31. The zero-order chi connectivity index (χ0) is 15.1. The van der Waals surface area contributed by atoms with Crippen LogP contribution in [0.25, 0.3) is 0 Å². The van der Waals surface area contributed by atoms with Crippen LogP contribution in [0.4, 0.5) is 0 Å². The Morgan fingerprint density at radius 3 is 2.38 bits per heavy atom. The molecule has 0 bridgehead atoms. The maximum atomic E-state index is 4.15. The predicted molar refractivity (Wildman–Crippen MR) is 94.4 cm³/mol. The van der Waals surface area contributed by atoms with E-state index < -0.39 is 0 Å². The van der Waals surface area contributed by atoms with E-state index in [1.165, 1.54) is 76.2 Å². The molecule has 0 radical (unpaired) electrons. The van der Waals surface area contributed by atoms with Crippen LogP contribution in [0.3, 0.4) is 0 Å². The third-order valence-electron chi connectivity index (χ3n) is 6.03. The van der Waals surface area contributed by atoms with Gasteiger partial charge in [-0.1, -0.05) is 50.5 Å². The van der Waals surface area contributed by atoms with Gasteiger partial charge >= 0.3 is 0 Å². The Morgan fingerprint density at radius 1 is 1.05 bits per heavy atom. The maximum absolute atomic E-state index is 4.15. The van der Waals surface area contributed by atoms with E-state index in [0.29, 0.717) is 0 Å². The quantitative estimate of drug-likeness (QED) is 0.440.